The molecule has 0 aliphatic carbocycles. The molecular formula is C32H40ClNO4. The van der Waals surface area contributed by atoms with Gasteiger partial charge >= 0.3 is 5.97 Å². The molecule has 0 amide bonds. The number of aliphatic hydroxyl groups is 2. The van der Waals surface area contributed by atoms with Crippen molar-refractivity contribution in [1.82, 2.24) is 4.90 Å². The Labute approximate surface area is 232 Å². The summed E-state index contributed by atoms with van der Waals surface area (Å²) in [7, 11) is 0. The minimum atomic E-state index is -1.06. The molecule has 0 bridgehead atoms. The van der Waals surface area contributed by atoms with Gasteiger partial charge in [-0.05, 0) is 87.3 Å². The quantitative estimate of drug-likeness (QED) is 0.298. The van der Waals surface area contributed by atoms with E-state index in [1.165, 1.54) is 0 Å². The van der Waals surface area contributed by atoms with Crippen LogP contribution in [0.15, 0.2) is 84.9 Å². The Bertz CT molecular complexity index is 1120. The highest BCUT2D eigenvalue weighted by atomic mass is 35.5. The Morgan fingerprint density at radius 2 is 1.39 bits per heavy atom. The maximum atomic E-state index is 12.1. The van der Waals surface area contributed by atoms with Gasteiger partial charge in [-0.2, -0.15) is 0 Å². The first-order chi connectivity index (χ1) is 17.7. The Hall–Kier alpha value is -2.70. The number of rotatable bonds is 10. The molecule has 0 radical (unpaired) electrons. The fourth-order valence-electron chi connectivity index (χ4n) is 5.73. The van der Waals surface area contributed by atoms with Gasteiger partial charge in [-0.3, -0.25) is 4.79 Å². The molecule has 0 spiro atoms. The van der Waals surface area contributed by atoms with E-state index >= 15 is 0 Å². The molecule has 5 nitrogen and oxygen atoms in total. The number of aliphatic hydroxyl groups excluding tert-OH is 1. The minimum Gasteiger partial charge on any atom is -0.481 e. The number of carboxylic acids is 1. The molecule has 38 heavy (non-hydrogen) atoms. The summed E-state index contributed by atoms with van der Waals surface area (Å²) >= 11 is 0. The number of likely N-dealkylation sites (tertiary alicyclic amines) is 1. The zero-order valence-corrected chi connectivity index (χ0v) is 23.1. The second kappa shape index (κ2) is 12.9. The number of carbonyl (C=O) groups is 1. The molecule has 204 valence electrons. The summed E-state index contributed by atoms with van der Waals surface area (Å²) in [6.07, 6.45) is 2.46. The van der Waals surface area contributed by atoms with Crippen LogP contribution in [0.2, 0.25) is 0 Å². The smallest absolute Gasteiger partial charge is 0.313 e. The lowest BCUT2D eigenvalue weighted by atomic mass is 9.72. The number of aliphatic carboxylic acids is 1. The molecule has 0 aromatic heterocycles. The van der Waals surface area contributed by atoms with Gasteiger partial charge in [0, 0.05) is 0 Å². The van der Waals surface area contributed by atoms with Crippen molar-refractivity contribution >= 4 is 18.4 Å². The van der Waals surface area contributed by atoms with Crippen LogP contribution < -0.4 is 0 Å². The van der Waals surface area contributed by atoms with Crippen LogP contribution in [0.25, 0.3) is 0 Å². The van der Waals surface area contributed by atoms with Gasteiger partial charge in [0.15, 0.2) is 0 Å². The van der Waals surface area contributed by atoms with Crippen LogP contribution in [0.1, 0.15) is 67.9 Å². The second-order valence-electron chi connectivity index (χ2n) is 10.8. The molecule has 1 saturated heterocycles. The largest absolute Gasteiger partial charge is 0.481 e. The van der Waals surface area contributed by atoms with Crippen molar-refractivity contribution in [1.29, 1.82) is 0 Å². The van der Waals surface area contributed by atoms with Gasteiger partial charge in [-0.1, -0.05) is 84.9 Å². The van der Waals surface area contributed by atoms with Crippen molar-refractivity contribution in [3.63, 3.8) is 0 Å². The van der Waals surface area contributed by atoms with Crippen LogP contribution in [0.4, 0.5) is 0 Å². The van der Waals surface area contributed by atoms with E-state index in [9.17, 15) is 20.1 Å². The Morgan fingerprint density at radius 3 is 1.92 bits per heavy atom. The van der Waals surface area contributed by atoms with E-state index in [0.29, 0.717) is 17.5 Å². The highest BCUT2D eigenvalue weighted by molar-refractivity contribution is 5.85. The number of hydrogen-bond donors (Lipinski definition) is 3. The van der Waals surface area contributed by atoms with Crippen molar-refractivity contribution in [2.45, 2.75) is 56.7 Å². The van der Waals surface area contributed by atoms with Gasteiger partial charge in [-0.15, -0.1) is 12.4 Å². The third kappa shape index (κ3) is 6.29. The lowest BCUT2D eigenvalue weighted by Crippen LogP contribution is -2.44. The molecule has 0 saturated carbocycles. The number of nitrogens with zero attached hydrogens (tertiary/aromatic N) is 1. The molecule has 6 heteroatoms. The number of halogens is 1. The Morgan fingerprint density at radius 1 is 0.895 bits per heavy atom. The maximum absolute atomic E-state index is 12.1. The summed E-state index contributed by atoms with van der Waals surface area (Å²) in [5, 5.41) is 32.7. The molecular weight excluding hydrogens is 498 g/mol. The molecule has 1 aliphatic heterocycles. The van der Waals surface area contributed by atoms with E-state index in [0.717, 1.165) is 50.0 Å². The monoisotopic (exact) mass is 537 g/mol. The van der Waals surface area contributed by atoms with E-state index in [4.69, 9.17) is 0 Å². The Balaban J connectivity index is 0.00000400. The number of hydrogen-bond acceptors (Lipinski definition) is 4. The average Bonchev–Trinajstić information content (AvgIpc) is 2.93. The van der Waals surface area contributed by atoms with Gasteiger partial charge in [0.2, 0.25) is 0 Å². The van der Waals surface area contributed by atoms with E-state index < -0.39 is 23.1 Å². The number of benzene rings is 3. The third-order valence-electron chi connectivity index (χ3n) is 8.09. The third-order valence-corrected chi connectivity index (χ3v) is 8.09. The number of carboxylic acid groups (broad SMARTS) is 1. The van der Waals surface area contributed by atoms with Crippen molar-refractivity contribution < 1.29 is 20.1 Å². The van der Waals surface area contributed by atoms with E-state index in [2.05, 4.69) is 4.90 Å². The zero-order valence-electron chi connectivity index (χ0n) is 22.3. The molecule has 4 rings (SSSR count). The zero-order chi connectivity index (χ0) is 26.5. The molecule has 1 heterocycles. The highest BCUT2D eigenvalue weighted by Gasteiger charge is 2.41. The fourth-order valence-corrected chi connectivity index (χ4v) is 5.73. The molecule has 3 aromatic rings. The van der Waals surface area contributed by atoms with Crippen molar-refractivity contribution in [3.8, 4) is 0 Å². The predicted octanol–water partition coefficient (Wildman–Crippen LogP) is 5.93. The van der Waals surface area contributed by atoms with Crippen LogP contribution in [-0.2, 0) is 15.8 Å². The lowest BCUT2D eigenvalue weighted by Gasteiger charge is -2.42. The first-order valence-electron chi connectivity index (χ1n) is 13.3. The highest BCUT2D eigenvalue weighted by Crippen LogP contribution is 2.42. The molecule has 1 fully saturated rings. The second-order valence-corrected chi connectivity index (χ2v) is 10.8. The summed E-state index contributed by atoms with van der Waals surface area (Å²) in [5.41, 5.74) is 1.15. The first-order valence-corrected chi connectivity index (χ1v) is 13.3. The van der Waals surface area contributed by atoms with Crippen LogP contribution in [0.3, 0.4) is 0 Å². The van der Waals surface area contributed by atoms with Gasteiger partial charge in [0.05, 0.1) is 11.5 Å². The minimum absolute atomic E-state index is 0. The van der Waals surface area contributed by atoms with Crippen molar-refractivity contribution in [3.05, 3.63) is 107 Å². The molecule has 1 aliphatic rings. The van der Waals surface area contributed by atoms with E-state index in [-0.39, 0.29) is 18.3 Å². The fraction of sp³-hybridized carbons (Fsp3) is 0.406. The van der Waals surface area contributed by atoms with Gasteiger partial charge in [0.25, 0.3) is 0 Å². The number of piperidine rings is 1. The van der Waals surface area contributed by atoms with Gasteiger partial charge in [-0.25, -0.2) is 0 Å². The van der Waals surface area contributed by atoms with E-state index in [1.54, 1.807) is 19.9 Å². The summed E-state index contributed by atoms with van der Waals surface area (Å²) in [6, 6.07) is 27.3. The standard InChI is InChI=1S/C32H39NO4.ClH/c1-31(2,30(35)36)28-17-10-9-16-27(28)29(34)18-11-21-33-22-19-26(20-23-33)32(37,24-12-5-3-6-13-24)25-14-7-4-8-15-25;/h3-10,12-17,26,29,34,37H,11,18-23H2,1-2H3,(H,35,36);1H. The maximum Gasteiger partial charge on any atom is 0.313 e. The summed E-state index contributed by atoms with van der Waals surface area (Å²) in [6.45, 7) is 6.01. The predicted molar refractivity (Wildman–Crippen MR) is 154 cm³/mol. The molecule has 3 N–H and O–H groups in total. The summed E-state index contributed by atoms with van der Waals surface area (Å²) in [5.74, 6) is -0.787. The molecule has 1 atom stereocenters. The first kappa shape index (κ1) is 29.9. The molecule has 1 unspecified atom stereocenters. The average molecular weight is 538 g/mol. The summed E-state index contributed by atoms with van der Waals surface area (Å²) in [4.78, 5) is 14.2. The molecule has 3 aromatic carbocycles. The SMILES string of the molecule is CC(C)(C(=O)O)c1ccccc1C(O)CCCN1CCC(C(O)(c2ccccc2)c2ccccc2)CC1.Cl. The van der Waals surface area contributed by atoms with Crippen LogP contribution in [0, 0.1) is 5.92 Å². The normalized spacial score (nSPS) is 16.0. The summed E-state index contributed by atoms with van der Waals surface area (Å²) < 4.78 is 0. The van der Waals surface area contributed by atoms with Crippen LogP contribution >= 0.6 is 12.4 Å². The van der Waals surface area contributed by atoms with Gasteiger partial charge in [0.1, 0.15) is 5.60 Å². The van der Waals surface area contributed by atoms with Crippen LogP contribution in [-0.4, -0.2) is 45.8 Å². The van der Waals surface area contributed by atoms with Gasteiger partial charge < -0.3 is 20.2 Å². The van der Waals surface area contributed by atoms with E-state index in [1.807, 2.05) is 78.9 Å². The lowest BCUT2D eigenvalue weighted by molar-refractivity contribution is -0.142. The van der Waals surface area contributed by atoms with Crippen molar-refractivity contribution in [2.75, 3.05) is 19.6 Å². The van der Waals surface area contributed by atoms with Crippen molar-refractivity contribution in [2.24, 2.45) is 5.92 Å². The van der Waals surface area contributed by atoms with Crippen LogP contribution in [0.5, 0.6) is 0 Å². The topological polar surface area (TPSA) is 81.0 Å². The Kier molecular flexibility index (Phi) is 10.1.